The number of halogens is 2. The van der Waals surface area contributed by atoms with Crippen LogP contribution in [0.4, 0.5) is 0 Å². The maximum absolute atomic E-state index is 11.3. The average Bonchev–Trinajstić information content (AvgIpc) is 2.96. The molecule has 0 fully saturated rings. The van der Waals surface area contributed by atoms with Crippen molar-refractivity contribution in [2.75, 3.05) is 14.2 Å². The van der Waals surface area contributed by atoms with Crippen molar-refractivity contribution in [1.29, 1.82) is 0 Å². The second-order valence-corrected chi connectivity index (χ2v) is 11.1. The van der Waals surface area contributed by atoms with Gasteiger partial charge in [-0.15, -0.1) is 0 Å². The molecule has 2 heterocycles. The summed E-state index contributed by atoms with van der Waals surface area (Å²) in [5.74, 6) is 1.27. The lowest BCUT2D eigenvalue weighted by Crippen LogP contribution is -2.05. The van der Waals surface area contributed by atoms with Crippen molar-refractivity contribution >= 4 is 57.8 Å². The van der Waals surface area contributed by atoms with E-state index in [1.807, 2.05) is 24.3 Å². The molecule has 0 amide bonds. The maximum atomic E-state index is 11.3. The quantitative estimate of drug-likeness (QED) is 0.122. The summed E-state index contributed by atoms with van der Waals surface area (Å²) in [7, 11) is 2.94. The Kier molecular flexibility index (Phi) is 9.95. The number of ether oxygens (including phenoxy) is 4. The van der Waals surface area contributed by atoms with Crippen LogP contribution in [0, 0.1) is 21.0 Å². The standard InChI is InChI=1S/C30H26I2N2O6/c1-17-19(15-39-29-25(31)11-21(13-35)27(33-29)37-3)7-5-9-23(17)24-10-6-8-20(18(24)2)16-40-30-26(32)12-22(14-36)28(34-30)38-4/h5-14H,15-16H2,1-4H3. The van der Waals surface area contributed by atoms with Crippen molar-refractivity contribution in [1.82, 2.24) is 9.97 Å². The molecular formula is C30H26I2N2O6. The Balaban J connectivity index is 1.57. The first kappa shape index (κ1) is 29.7. The van der Waals surface area contributed by atoms with Crippen molar-refractivity contribution in [2.24, 2.45) is 0 Å². The molecule has 2 aromatic carbocycles. The topological polar surface area (TPSA) is 96.8 Å². The minimum Gasteiger partial charge on any atom is -0.480 e. The second-order valence-electron chi connectivity index (χ2n) is 8.74. The van der Waals surface area contributed by atoms with Gasteiger partial charge >= 0.3 is 0 Å². The van der Waals surface area contributed by atoms with Crippen LogP contribution < -0.4 is 18.9 Å². The summed E-state index contributed by atoms with van der Waals surface area (Å²) in [6.45, 7) is 4.74. The number of rotatable bonds is 11. The van der Waals surface area contributed by atoms with Gasteiger partial charge in [0.25, 0.3) is 0 Å². The number of hydrogen-bond acceptors (Lipinski definition) is 8. The van der Waals surface area contributed by atoms with E-state index in [-0.39, 0.29) is 11.8 Å². The van der Waals surface area contributed by atoms with Crippen LogP contribution in [-0.2, 0) is 13.2 Å². The van der Waals surface area contributed by atoms with Crippen molar-refractivity contribution in [3.8, 4) is 34.6 Å². The number of aromatic nitrogens is 2. The summed E-state index contributed by atoms with van der Waals surface area (Å²) in [6, 6.07) is 15.6. The summed E-state index contributed by atoms with van der Waals surface area (Å²) in [4.78, 5) is 31.3. The summed E-state index contributed by atoms with van der Waals surface area (Å²) >= 11 is 4.20. The number of benzene rings is 2. The van der Waals surface area contributed by atoms with Gasteiger partial charge in [-0.3, -0.25) is 9.59 Å². The van der Waals surface area contributed by atoms with E-state index in [4.69, 9.17) is 18.9 Å². The number of methoxy groups -OCH3 is 2. The summed E-state index contributed by atoms with van der Waals surface area (Å²) in [5, 5.41) is 0. The molecule has 0 saturated heterocycles. The highest BCUT2D eigenvalue weighted by atomic mass is 127. The van der Waals surface area contributed by atoms with E-state index in [9.17, 15) is 9.59 Å². The fraction of sp³-hybridized carbons (Fsp3) is 0.200. The van der Waals surface area contributed by atoms with Gasteiger partial charge in [-0.1, -0.05) is 36.4 Å². The third-order valence-corrected chi connectivity index (χ3v) is 7.97. The van der Waals surface area contributed by atoms with Crippen LogP contribution in [0.25, 0.3) is 11.1 Å². The van der Waals surface area contributed by atoms with Gasteiger partial charge in [0.05, 0.1) is 32.5 Å². The maximum Gasteiger partial charge on any atom is 0.230 e. The van der Waals surface area contributed by atoms with Gasteiger partial charge in [0.2, 0.25) is 23.5 Å². The largest absolute Gasteiger partial charge is 0.480 e. The lowest BCUT2D eigenvalue weighted by molar-refractivity contribution is 0.111. The van der Waals surface area contributed by atoms with E-state index < -0.39 is 0 Å². The van der Waals surface area contributed by atoms with Gasteiger partial charge < -0.3 is 18.9 Å². The molecule has 40 heavy (non-hydrogen) atoms. The molecule has 0 atom stereocenters. The SMILES string of the molecule is COc1nc(OCc2cccc(-c3cccc(COc4nc(OC)c(C=O)cc4I)c3C)c2C)c(I)cc1C=O. The molecule has 0 aliphatic heterocycles. The zero-order valence-corrected chi connectivity index (χ0v) is 26.6. The zero-order chi connectivity index (χ0) is 28.8. The fourth-order valence-corrected chi connectivity index (χ4v) is 5.42. The van der Waals surface area contributed by atoms with Gasteiger partial charge in [-0.05, 0) is 105 Å². The highest BCUT2D eigenvalue weighted by Gasteiger charge is 2.16. The van der Waals surface area contributed by atoms with Crippen LogP contribution >= 0.6 is 45.2 Å². The lowest BCUT2D eigenvalue weighted by atomic mass is 9.92. The minimum atomic E-state index is 0.230. The number of pyridine rings is 2. The Labute approximate surface area is 259 Å². The van der Waals surface area contributed by atoms with Crippen molar-refractivity contribution in [3.63, 3.8) is 0 Å². The van der Waals surface area contributed by atoms with Gasteiger partial charge in [-0.25, -0.2) is 0 Å². The molecule has 4 rings (SSSR count). The third kappa shape index (κ3) is 6.38. The number of aldehydes is 2. The second kappa shape index (κ2) is 13.4. The van der Waals surface area contributed by atoms with Gasteiger partial charge in [0, 0.05) is 0 Å². The smallest absolute Gasteiger partial charge is 0.230 e. The molecular weight excluding hydrogens is 738 g/mol. The number of hydrogen-bond donors (Lipinski definition) is 0. The van der Waals surface area contributed by atoms with Crippen LogP contribution in [0.15, 0.2) is 48.5 Å². The summed E-state index contributed by atoms with van der Waals surface area (Å²) < 4.78 is 24.0. The molecule has 0 aliphatic carbocycles. The molecule has 8 nitrogen and oxygen atoms in total. The normalized spacial score (nSPS) is 10.7. The van der Waals surface area contributed by atoms with Crippen LogP contribution in [0.5, 0.6) is 23.5 Å². The molecule has 0 radical (unpaired) electrons. The van der Waals surface area contributed by atoms with E-state index in [2.05, 4.69) is 81.1 Å². The average molecular weight is 764 g/mol. The van der Waals surface area contributed by atoms with Crippen LogP contribution in [-0.4, -0.2) is 36.8 Å². The molecule has 0 aliphatic rings. The highest BCUT2D eigenvalue weighted by molar-refractivity contribution is 14.1. The molecule has 0 bridgehead atoms. The first-order valence-electron chi connectivity index (χ1n) is 12.1. The molecule has 10 heteroatoms. The molecule has 2 aromatic heterocycles. The number of carbonyl (C=O) groups is 2. The first-order valence-corrected chi connectivity index (χ1v) is 14.3. The Hall–Kier alpha value is -3.26. The van der Waals surface area contributed by atoms with Gasteiger partial charge in [0.15, 0.2) is 12.6 Å². The molecule has 206 valence electrons. The van der Waals surface area contributed by atoms with E-state index >= 15 is 0 Å². The van der Waals surface area contributed by atoms with Crippen LogP contribution in [0.3, 0.4) is 0 Å². The number of nitrogens with zero attached hydrogens (tertiary/aromatic N) is 2. The van der Waals surface area contributed by atoms with E-state index in [1.165, 1.54) is 14.2 Å². The molecule has 4 aromatic rings. The van der Waals surface area contributed by atoms with Crippen molar-refractivity contribution in [3.05, 3.63) is 89.1 Å². The van der Waals surface area contributed by atoms with Gasteiger partial charge in [0.1, 0.15) is 13.2 Å². The number of carbonyl (C=O) groups excluding carboxylic acids is 2. The predicted octanol–water partition coefficient (Wildman–Crippen LogP) is 6.77. The monoisotopic (exact) mass is 764 g/mol. The lowest BCUT2D eigenvalue weighted by Gasteiger charge is -2.17. The minimum absolute atomic E-state index is 0.230. The van der Waals surface area contributed by atoms with Crippen molar-refractivity contribution < 1.29 is 28.5 Å². The van der Waals surface area contributed by atoms with E-state index in [0.29, 0.717) is 48.7 Å². The van der Waals surface area contributed by atoms with Gasteiger partial charge in [-0.2, -0.15) is 9.97 Å². The van der Waals surface area contributed by atoms with Crippen LogP contribution in [0.1, 0.15) is 43.0 Å². The molecule has 0 saturated carbocycles. The van der Waals surface area contributed by atoms with Crippen molar-refractivity contribution in [2.45, 2.75) is 27.1 Å². The Bertz CT molecular complexity index is 1460. The zero-order valence-electron chi connectivity index (χ0n) is 22.3. The predicted molar refractivity (Wildman–Crippen MR) is 168 cm³/mol. The summed E-state index contributed by atoms with van der Waals surface area (Å²) in [6.07, 6.45) is 1.43. The van der Waals surface area contributed by atoms with E-state index in [0.717, 1.165) is 40.5 Å². The Morgan fingerprint density at radius 1 is 0.675 bits per heavy atom. The highest BCUT2D eigenvalue weighted by Crippen LogP contribution is 2.33. The Morgan fingerprint density at radius 3 is 1.43 bits per heavy atom. The summed E-state index contributed by atoms with van der Waals surface area (Å²) in [5.41, 5.74) is 7.11. The fourth-order valence-electron chi connectivity index (χ4n) is 4.19. The molecule has 0 unspecified atom stereocenters. The molecule has 0 N–H and O–H groups in total. The first-order chi connectivity index (χ1) is 19.3. The van der Waals surface area contributed by atoms with E-state index in [1.54, 1.807) is 12.1 Å². The molecule has 0 spiro atoms. The Morgan fingerprint density at radius 2 is 1.07 bits per heavy atom. The van der Waals surface area contributed by atoms with Crippen LogP contribution in [0.2, 0.25) is 0 Å². The third-order valence-electron chi connectivity index (χ3n) is 6.42.